The molecule has 1 amide bonds. The highest BCUT2D eigenvalue weighted by Crippen LogP contribution is 2.25. The molecule has 3 heterocycles. The average molecular weight is 335 g/mol. The predicted octanol–water partition coefficient (Wildman–Crippen LogP) is 2.09. The van der Waals surface area contributed by atoms with Crippen molar-refractivity contribution in [3.8, 4) is 0 Å². The number of aromatic carboxylic acids is 1. The highest BCUT2D eigenvalue weighted by atomic mass is 16.5. The van der Waals surface area contributed by atoms with Gasteiger partial charge >= 0.3 is 5.97 Å². The molecule has 1 aromatic heterocycles. The van der Waals surface area contributed by atoms with Gasteiger partial charge in [0.25, 0.3) is 0 Å². The van der Waals surface area contributed by atoms with E-state index in [0.29, 0.717) is 25.6 Å². The van der Waals surface area contributed by atoms with Crippen LogP contribution in [0.25, 0.3) is 0 Å². The van der Waals surface area contributed by atoms with Crippen molar-refractivity contribution in [3.63, 3.8) is 0 Å². The fourth-order valence-corrected chi connectivity index (χ4v) is 3.57. The van der Waals surface area contributed by atoms with Gasteiger partial charge in [-0.15, -0.1) is 0 Å². The van der Waals surface area contributed by atoms with Crippen LogP contribution in [0.15, 0.2) is 12.4 Å². The minimum absolute atomic E-state index is 0.168. The zero-order valence-electron chi connectivity index (χ0n) is 14.1. The summed E-state index contributed by atoms with van der Waals surface area (Å²) in [5.41, 5.74) is 0.208. The molecule has 2 aliphatic heterocycles. The zero-order chi connectivity index (χ0) is 17.1. The van der Waals surface area contributed by atoms with Gasteiger partial charge in [0.2, 0.25) is 5.91 Å². The summed E-state index contributed by atoms with van der Waals surface area (Å²) in [5.74, 6) is -0.763. The van der Waals surface area contributed by atoms with E-state index in [2.05, 4.69) is 12.0 Å². The highest BCUT2D eigenvalue weighted by molar-refractivity contribution is 5.86. The normalized spacial score (nSPS) is 25.1. The number of nitrogens with zero attached hydrogens (tertiary/aromatic N) is 3. The zero-order valence-corrected chi connectivity index (χ0v) is 14.1. The smallest absolute Gasteiger partial charge is 0.338 e. The minimum atomic E-state index is -0.961. The van der Waals surface area contributed by atoms with Crippen molar-refractivity contribution < 1.29 is 19.4 Å². The molecule has 7 nitrogen and oxygen atoms in total. The van der Waals surface area contributed by atoms with Crippen LogP contribution >= 0.6 is 0 Å². The van der Waals surface area contributed by atoms with Crippen molar-refractivity contribution in [1.29, 1.82) is 0 Å². The molecular weight excluding hydrogens is 310 g/mol. The first-order chi connectivity index (χ1) is 11.5. The second-order valence-electron chi connectivity index (χ2n) is 6.81. The van der Waals surface area contributed by atoms with Crippen molar-refractivity contribution in [1.82, 2.24) is 14.7 Å². The predicted molar refractivity (Wildman–Crippen MR) is 86.8 cm³/mol. The molecule has 2 atom stereocenters. The van der Waals surface area contributed by atoms with Crippen LogP contribution in [0, 0.1) is 0 Å². The number of carboxylic acid groups (broad SMARTS) is 1. The molecule has 0 aliphatic carbocycles. The molecule has 3 rings (SSSR count). The fourth-order valence-electron chi connectivity index (χ4n) is 3.57. The molecule has 2 unspecified atom stereocenters. The molecule has 132 valence electrons. The van der Waals surface area contributed by atoms with Crippen LogP contribution in [0.4, 0.5) is 0 Å². The summed E-state index contributed by atoms with van der Waals surface area (Å²) in [4.78, 5) is 25.2. The summed E-state index contributed by atoms with van der Waals surface area (Å²) in [5, 5.41) is 13.1. The van der Waals surface area contributed by atoms with E-state index in [4.69, 9.17) is 9.84 Å². The largest absolute Gasteiger partial charge is 0.478 e. The number of likely N-dealkylation sites (tertiary alicyclic amines) is 1. The number of carbonyl (C=O) groups excluding carboxylic acids is 1. The summed E-state index contributed by atoms with van der Waals surface area (Å²) in [6.07, 6.45) is 8.63. The number of hydrogen-bond donors (Lipinski definition) is 1. The van der Waals surface area contributed by atoms with Crippen LogP contribution in [-0.2, 0) is 9.53 Å². The number of rotatable bonds is 5. The Morgan fingerprint density at radius 2 is 2.04 bits per heavy atom. The van der Waals surface area contributed by atoms with E-state index in [-0.39, 0.29) is 23.6 Å². The lowest BCUT2D eigenvalue weighted by Crippen LogP contribution is -2.39. The van der Waals surface area contributed by atoms with E-state index >= 15 is 0 Å². The minimum Gasteiger partial charge on any atom is -0.478 e. The van der Waals surface area contributed by atoms with Crippen molar-refractivity contribution in [2.75, 3.05) is 13.1 Å². The summed E-state index contributed by atoms with van der Waals surface area (Å²) in [6, 6.07) is 0.168. The molecular formula is C17H25N3O4. The third kappa shape index (κ3) is 3.95. The lowest BCUT2D eigenvalue weighted by molar-refractivity contribution is -0.133. The van der Waals surface area contributed by atoms with Crippen LogP contribution in [0.2, 0.25) is 0 Å². The third-order valence-electron chi connectivity index (χ3n) is 5.04. The first-order valence-corrected chi connectivity index (χ1v) is 8.73. The molecule has 2 aliphatic rings. The van der Waals surface area contributed by atoms with Crippen LogP contribution in [0.5, 0.6) is 0 Å². The van der Waals surface area contributed by atoms with Crippen LogP contribution in [0.3, 0.4) is 0 Å². The summed E-state index contributed by atoms with van der Waals surface area (Å²) in [7, 11) is 0. The Morgan fingerprint density at radius 3 is 2.62 bits per heavy atom. The molecule has 0 aromatic carbocycles. The van der Waals surface area contributed by atoms with E-state index in [1.165, 1.54) is 6.20 Å². The van der Waals surface area contributed by atoms with Gasteiger partial charge in [-0.2, -0.15) is 5.10 Å². The molecule has 1 aromatic rings. The van der Waals surface area contributed by atoms with Gasteiger partial charge in [0.1, 0.15) is 0 Å². The Morgan fingerprint density at radius 1 is 1.29 bits per heavy atom. The van der Waals surface area contributed by atoms with E-state index in [0.717, 1.165) is 32.1 Å². The number of ether oxygens (including phenoxy) is 1. The summed E-state index contributed by atoms with van der Waals surface area (Å²) >= 11 is 0. The van der Waals surface area contributed by atoms with Gasteiger partial charge in [0.15, 0.2) is 0 Å². The van der Waals surface area contributed by atoms with E-state index in [1.807, 2.05) is 4.90 Å². The molecule has 0 radical (unpaired) electrons. The third-order valence-corrected chi connectivity index (χ3v) is 5.04. The van der Waals surface area contributed by atoms with Crippen LogP contribution < -0.4 is 0 Å². The number of carboxylic acids is 1. The maximum Gasteiger partial charge on any atom is 0.338 e. The average Bonchev–Trinajstić information content (AvgIpc) is 3.22. The fraction of sp³-hybridized carbons (Fsp3) is 0.706. The number of aromatic nitrogens is 2. The maximum absolute atomic E-state index is 12.3. The van der Waals surface area contributed by atoms with Gasteiger partial charge in [-0.3, -0.25) is 9.48 Å². The number of amides is 1. The van der Waals surface area contributed by atoms with Gasteiger partial charge in [-0.25, -0.2) is 4.79 Å². The lowest BCUT2D eigenvalue weighted by Gasteiger charge is -2.32. The quantitative estimate of drug-likeness (QED) is 0.890. The SMILES string of the molecule is CC1CCC(CCC(=O)N2CCC(n3cc(C(=O)O)cn3)CC2)O1. The molecule has 0 bridgehead atoms. The van der Waals surface area contributed by atoms with Crippen LogP contribution in [0.1, 0.15) is 61.8 Å². The second kappa shape index (κ2) is 7.34. The Labute approximate surface area is 141 Å². The number of carbonyl (C=O) groups is 2. The molecule has 2 fully saturated rings. The Hall–Kier alpha value is -1.89. The van der Waals surface area contributed by atoms with Gasteiger partial charge < -0.3 is 14.7 Å². The van der Waals surface area contributed by atoms with Crippen molar-refractivity contribution in [2.45, 2.75) is 63.7 Å². The van der Waals surface area contributed by atoms with Crippen molar-refractivity contribution >= 4 is 11.9 Å². The molecule has 0 spiro atoms. The monoisotopic (exact) mass is 335 g/mol. The van der Waals surface area contributed by atoms with E-state index < -0.39 is 5.97 Å². The van der Waals surface area contributed by atoms with E-state index in [1.54, 1.807) is 10.9 Å². The van der Waals surface area contributed by atoms with Crippen molar-refractivity contribution in [2.24, 2.45) is 0 Å². The number of piperidine rings is 1. The van der Waals surface area contributed by atoms with E-state index in [9.17, 15) is 9.59 Å². The Balaban J connectivity index is 1.44. The first-order valence-electron chi connectivity index (χ1n) is 8.73. The second-order valence-corrected chi connectivity index (χ2v) is 6.81. The number of hydrogen-bond acceptors (Lipinski definition) is 4. The molecule has 24 heavy (non-hydrogen) atoms. The summed E-state index contributed by atoms with van der Waals surface area (Å²) < 4.78 is 7.49. The maximum atomic E-state index is 12.3. The highest BCUT2D eigenvalue weighted by Gasteiger charge is 2.27. The molecule has 2 saturated heterocycles. The lowest BCUT2D eigenvalue weighted by atomic mass is 10.0. The topological polar surface area (TPSA) is 84.7 Å². The standard InChI is InChI=1S/C17H25N3O4/c1-12-2-3-15(24-12)4-5-16(21)19-8-6-14(7-9-19)20-11-13(10-18-20)17(22)23/h10-12,14-15H,2-9H2,1H3,(H,22,23). The summed E-state index contributed by atoms with van der Waals surface area (Å²) in [6.45, 7) is 3.49. The Kier molecular flexibility index (Phi) is 5.18. The van der Waals surface area contributed by atoms with Crippen LogP contribution in [-0.4, -0.2) is 57.0 Å². The Bertz CT molecular complexity index is 592. The van der Waals surface area contributed by atoms with Gasteiger partial charge in [0, 0.05) is 25.7 Å². The van der Waals surface area contributed by atoms with Gasteiger partial charge in [-0.05, 0) is 39.0 Å². The first kappa shape index (κ1) is 17.0. The van der Waals surface area contributed by atoms with Crippen molar-refractivity contribution in [3.05, 3.63) is 18.0 Å². The molecule has 0 saturated carbocycles. The van der Waals surface area contributed by atoms with Gasteiger partial charge in [-0.1, -0.05) is 0 Å². The molecule has 7 heteroatoms. The van der Waals surface area contributed by atoms with Gasteiger partial charge in [0.05, 0.1) is 30.0 Å². The molecule has 1 N–H and O–H groups in total.